The summed E-state index contributed by atoms with van der Waals surface area (Å²) in [5.74, 6) is 1.23. The molecule has 0 atom stereocenters. The predicted molar refractivity (Wildman–Crippen MR) is 79.7 cm³/mol. The third kappa shape index (κ3) is 1.15. The molecule has 0 saturated heterocycles. The van der Waals surface area contributed by atoms with Gasteiger partial charge in [-0.2, -0.15) is 0 Å². The molecule has 102 valence electrons. The van der Waals surface area contributed by atoms with Gasteiger partial charge in [-0.15, -0.1) is 0 Å². The minimum atomic E-state index is 0.826. The van der Waals surface area contributed by atoms with Crippen molar-refractivity contribution in [1.29, 1.82) is 0 Å². The maximum atomic E-state index is 4.53. The number of rotatable bonds is 0. The first kappa shape index (κ1) is 11.0. The molecule has 5 heterocycles. The maximum Gasteiger partial charge on any atom is 0.271 e. The second-order valence-electron chi connectivity index (χ2n) is 5.57. The normalized spacial score (nSPS) is 13.0. The van der Waals surface area contributed by atoms with Crippen LogP contribution in [0.4, 0.5) is 0 Å². The molecule has 0 aromatic carbocycles. The quantitative estimate of drug-likeness (QED) is 0.404. The molecule has 0 aliphatic carbocycles. The van der Waals surface area contributed by atoms with Crippen LogP contribution in [0, 0.1) is 0 Å². The zero-order valence-corrected chi connectivity index (χ0v) is 11.9. The zero-order chi connectivity index (χ0) is 14.1. The fraction of sp³-hybridized carbons (Fsp3) is 0.188. The molecule has 0 N–H and O–H groups in total. The zero-order valence-electron chi connectivity index (χ0n) is 11.9. The summed E-state index contributed by atoms with van der Waals surface area (Å²) < 4.78 is 6.79. The number of aryl methyl sites for hydroxylation is 2. The first-order chi connectivity index (χ1) is 10.3. The highest BCUT2D eigenvalue weighted by Gasteiger charge is 2.35. The summed E-state index contributed by atoms with van der Waals surface area (Å²) >= 11 is 0. The molecule has 0 unspecified atom stereocenters. The Balaban J connectivity index is 2.02. The van der Waals surface area contributed by atoms with Crippen molar-refractivity contribution in [1.82, 2.24) is 19.1 Å². The lowest BCUT2D eigenvalue weighted by Gasteiger charge is -1.97. The molecule has 0 fully saturated rings. The Kier molecular flexibility index (Phi) is 1.83. The Labute approximate surface area is 121 Å². The second-order valence-corrected chi connectivity index (χ2v) is 5.57. The standard InChI is InChI=1S/C16H14N5/c1-19-13-11-6-4-8-18-14(11)20(2)16(13)21-9-12-10(15(19)21)5-3-7-17-12/h3-8H,9H2,1-2H3/q+1. The molecule has 0 saturated carbocycles. The summed E-state index contributed by atoms with van der Waals surface area (Å²) in [6, 6.07) is 8.30. The molecule has 4 aromatic heterocycles. The van der Waals surface area contributed by atoms with Crippen molar-refractivity contribution >= 4 is 22.2 Å². The highest BCUT2D eigenvalue weighted by molar-refractivity contribution is 6.03. The Bertz CT molecular complexity index is 1040. The van der Waals surface area contributed by atoms with Crippen LogP contribution < -0.4 is 4.57 Å². The van der Waals surface area contributed by atoms with E-state index in [0.717, 1.165) is 17.9 Å². The van der Waals surface area contributed by atoms with Gasteiger partial charge in [-0.1, -0.05) is 0 Å². The van der Waals surface area contributed by atoms with Gasteiger partial charge >= 0.3 is 0 Å². The Morgan fingerprint density at radius 1 is 1.05 bits per heavy atom. The molecule has 5 heteroatoms. The van der Waals surface area contributed by atoms with Crippen molar-refractivity contribution in [2.75, 3.05) is 0 Å². The third-order valence-corrected chi connectivity index (χ3v) is 4.49. The van der Waals surface area contributed by atoms with Gasteiger partial charge in [0.25, 0.3) is 5.65 Å². The molecule has 5 rings (SSSR count). The van der Waals surface area contributed by atoms with Gasteiger partial charge in [0.2, 0.25) is 11.5 Å². The van der Waals surface area contributed by atoms with Gasteiger partial charge in [0.1, 0.15) is 6.54 Å². The topological polar surface area (TPSA) is 39.5 Å². The SMILES string of the molecule is Cn1c2[n+](c3c1c1cccnc1n3C)Cc1ncccc1-2. The molecular formula is C16H14N5+. The summed E-state index contributed by atoms with van der Waals surface area (Å²) in [7, 11) is 4.21. The van der Waals surface area contributed by atoms with Crippen LogP contribution in [-0.2, 0) is 20.6 Å². The van der Waals surface area contributed by atoms with Crippen molar-refractivity contribution in [3.05, 3.63) is 42.4 Å². The summed E-state index contributed by atoms with van der Waals surface area (Å²) in [5.41, 5.74) is 5.85. The van der Waals surface area contributed by atoms with Crippen LogP contribution in [0.5, 0.6) is 0 Å². The molecule has 1 aliphatic heterocycles. The van der Waals surface area contributed by atoms with Gasteiger partial charge in [-0.3, -0.25) is 9.55 Å². The van der Waals surface area contributed by atoms with Crippen molar-refractivity contribution in [2.24, 2.45) is 14.1 Å². The van der Waals surface area contributed by atoms with Gasteiger partial charge in [0.05, 0.1) is 30.7 Å². The van der Waals surface area contributed by atoms with Gasteiger partial charge in [-0.25, -0.2) is 14.1 Å². The molecule has 0 radical (unpaired) electrons. The van der Waals surface area contributed by atoms with E-state index in [9.17, 15) is 0 Å². The minimum Gasteiger partial charge on any atom is -0.257 e. The van der Waals surface area contributed by atoms with Gasteiger partial charge < -0.3 is 0 Å². The summed E-state index contributed by atoms with van der Waals surface area (Å²) in [5, 5.41) is 1.20. The molecular weight excluding hydrogens is 262 g/mol. The predicted octanol–water partition coefficient (Wildman–Crippen LogP) is 1.78. The van der Waals surface area contributed by atoms with Gasteiger partial charge in [-0.05, 0) is 24.3 Å². The van der Waals surface area contributed by atoms with Gasteiger partial charge in [0, 0.05) is 12.4 Å². The van der Waals surface area contributed by atoms with E-state index in [-0.39, 0.29) is 0 Å². The monoisotopic (exact) mass is 276 g/mol. The van der Waals surface area contributed by atoms with Crippen LogP contribution in [0.3, 0.4) is 0 Å². The first-order valence-electron chi connectivity index (χ1n) is 7.03. The third-order valence-electron chi connectivity index (χ3n) is 4.49. The summed E-state index contributed by atoms with van der Waals surface area (Å²) in [4.78, 5) is 9.05. The fourth-order valence-corrected chi connectivity index (χ4v) is 3.65. The van der Waals surface area contributed by atoms with Crippen molar-refractivity contribution < 1.29 is 4.57 Å². The lowest BCUT2D eigenvalue weighted by molar-refractivity contribution is -0.649. The number of hydrogen-bond acceptors (Lipinski definition) is 2. The van der Waals surface area contributed by atoms with Crippen LogP contribution in [0.25, 0.3) is 33.6 Å². The van der Waals surface area contributed by atoms with E-state index in [1.165, 1.54) is 27.9 Å². The highest BCUT2D eigenvalue weighted by Crippen LogP contribution is 2.33. The van der Waals surface area contributed by atoms with E-state index in [2.05, 4.69) is 49.9 Å². The lowest BCUT2D eigenvalue weighted by atomic mass is 10.2. The van der Waals surface area contributed by atoms with Crippen molar-refractivity contribution in [3.8, 4) is 11.4 Å². The van der Waals surface area contributed by atoms with E-state index >= 15 is 0 Å². The van der Waals surface area contributed by atoms with E-state index in [1.54, 1.807) is 0 Å². The molecule has 0 bridgehead atoms. The summed E-state index contributed by atoms with van der Waals surface area (Å²) in [6.07, 6.45) is 3.72. The maximum absolute atomic E-state index is 4.53. The molecule has 4 aromatic rings. The fourth-order valence-electron chi connectivity index (χ4n) is 3.65. The van der Waals surface area contributed by atoms with E-state index < -0.39 is 0 Å². The van der Waals surface area contributed by atoms with Crippen LogP contribution in [0.2, 0.25) is 0 Å². The van der Waals surface area contributed by atoms with Crippen molar-refractivity contribution in [3.63, 3.8) is 0 Å². The average molecular weight is 276 g/mol. The number of pyridine rings is 2. The average Bonchev–Trinajstić information content (AvgIpc) is 3.11. The number of aromatic nitrogens is 5. The first-order valence-corrected chi connectivity index (χ1v) is 7.03. The number of imidazole rings is 1. The minimum absolute atomic E-state index is 0.826. The molecule has 0 spiro atoms. The van der Waals surface area contributed by atoms with Crippen LogP contribution in [-0.4, -0.2) is 19.1 Å². The lowest BCUT2D eigenvalue weighted by Crippen LogP contribution is -2.33. The van der Waals surface area contributed by atoms with E-state index in [4.69, 9.17) is 0 Å². The van der Waals surface area contributed by atoms with E-state index in [0.29, 0.717) is 0 Å². The Hall–Kier alpha value is -2.69. The number of nitrogens with zero attached hydrogens (tertiary/aromatic N) is 5. The van der Waals surface area contributed by atoms with Crippen LogP contribution >= 0.6 is 0 Å². The second kappa shape index (κ2) is 3.49. The number of hydrogen-bond donors (Lipinski definition) is 0. The summed E-state index contributed by atoms with van der Waals surface area (Å²) in [6.45, 7) is 0.826. The molecule has 21 heavy (non-hydrogen) atoms. The van der Waals surface area contributed by atoms with Crippen molar-refractivity contribution in [2.45, 2.75) is 6.54 Å². The van der Waals surface area contributed by atoms with Crippen LogP contribution in [0.1, 0.15) is 5.69 Å². The molecule has 1 aliphatic rings. The highest BCUT2D eigenvalue weighted by atomic mass is 15.3. The Morgan fingerprint density at radius 3 is 2.76 bits per heavy atom. The number of fused-ring (bicyclic) bond motifs is 7. The molecule has 0 amide bonds. The van der Waals surface area contributed by atoms with Crippen LogP contribution in [0.15, 0.2) is 36.7 Å². The smallest absolute Gasteiger partial charge is 0.257 e. The largest absolute Gasteiger partial charge is 0.271 e. The molecule has 5 nitrogen and oxygen atoms in total. The van der Waals surface area contributed by atoms with Gasteiger partial charge in [0.15, 0.2) is 5.52 Å². The Morgan fingerprint density at radius 2 is 1.86 bits per heavy atom. The van der Waals surface area contributed by atoms with E-state index in [1.807, 2.05) is 24.5 Å².